The molecule has 2 rings (SSSR count). The molecule has 0 N–H and O–H groups in total. The second kappa shape index (κ2) is 4.07. The number of thiazole rings is 1. The van der Waals surface area contributed by atoms with Crippen LogP contribution in [0.2, 0.25) is 0 Å². The Kier molecular flexibility index (Phi) is 2.94. The van der Waals surface area contributed by atoms with Crippen molar-refractivity contribution in [2.75, 3.05) is 37.3 Å². The maximum Gasteiger partial charge on any atom is 0.211 e. The van der Waals surface area contributed by atoms with E-state index in [-0.39, 0.29) is 0 Å². The second-order valence-electron chi connectivity index (χ2n) is 3.46. The summed E-state index contributed by atoms with van der Waals surface area (Å²) in [6.07, 6.45) is 3.02. The van der Waals surface area contributed by atoms with Crippen LogP contribution in [0.25, 0.3) is 0 Å². The summed E-state index contributed by atoms with van der Waals surface area (Å²) in [5, 5.41) is 2.90. The van der Waals surface area contributed by atoms with Gasteiger partial charge in [-0.25, -0.2) is 13.4 Å². The fourth-order valence-corrected chi connectivity index (χ4v) is 3.11. The first-order valence-electron chi connectivity index (χ1n) is 4.67. The third-order valence-corrected chi connectivity index (χ3v) is 4.53. The number of hydrogen-bond acceptors (Lipinski definition) is 5. The van der Waals surface area contributed by atoms with Crippen molar-refractivity contribution in [1.82, 2.24) is 9.29 Å². The SMILES string of the molecule is CS(=O)(=O)N1CCN(c2nccs2)CC1. The number of anilines is 1. The lowest BCUT2D eigenvalue weighted by Crippen LogP contribution is -2.48. The maximum atomic E-state index is 11.3. The van der Waals surface area contributed by atoms with Crippen molar-refractivity contribution in [3.05, 3.63) is 11.6 Å². The minimum atomic E-state index is -3.03. The molecule has 0 aromatic carbocycles. The molecule has 1 aromatic heterocycles. The molecular formula is C8H13N3O2S2. The zero-order chi connectivity index (χ0) is 10.9. The standard InChI is InChI=1S/C8H13N3O2S2/c1-15(12,13)11-5-3-10(4-6-11)8-9-2-7-14-8/h2,7H,3-6H2,1H3. The lowest BCUT2D eigenvalue weighted by molar-refractivity contribution is 0.388. The summed E-state index contributed by atoms with van der Waals surface area (Å²) in [6, 6.07) is 0. The molecule has 7 heteroatoms. The van der Waals surface area contributed by atoms with E-state index in [9.17, 15) is 8.42 Å². The van der Waals surface area contributed by atoms with E-state index in [1.807, 2.05) is 5.38 Å². The van der Waals surface area contributed by atoms with Crippen LogP contribution in [0.4, 0.5) is 5.13 Å². The first-order valence-corrected chi connectivity index (χ1v) is 7.40. The van der Waals surface area contributed by atoms with Crippen LogP contribution >= 0.6 is 11.3 Å². The van der Waals surface area contributed by atoms with Crippen molar-refractivity contribution in [2.24, 2.45) is 0 Å². The van der Waals surface area contributed by atoms with Gasteiger partial charge in [0.25, 0.3) is 0 Å². The molecule has 1 aliphatic heterocycles. The zero-order valence-corrected chi connectivity index (χ0v) is 10.1. The molecule has 15 heavy (non-hydrogen) atoms. The number of piperazine rings is 1. The van der Waals surface area contributed by atoms with Crippen molar-refractivity contribution < 1.29 is 8.42 Å². The van der Waals surface area contributed by atoms with E-state index in [1.165, 1.54) is 10.6 Å². The molecule has 0 amide bonds. The molecule has 0 spiro atoms. The van der Waals surface area contributed by atoms with Crippen LogP contribution in [0, 0.1) is 0 Å². The van der Waals surface area contributed by atoms with Crippen molar-refractivity contribution in [1.29, 1.82) is 0 Å². The van der Waals surface area contributed by atoms with E-state index in [0.29, 0.717) is 13.1 Å². The van der Waals surface area contributed by atoms with Gasteiger partial charge in [-0.2, -0.15) is 4.31 Å². The van der Waals surface area contributed by atoms with Crippen molar-refractivity contribution in [2.45, 2.75) is 0 Å². The molecule has 0 radical (unpaired) electrons. The number of nitrogens with zero attached hydrogens (tertiary/aromatic N) is 3. The summed E-state index contributed by atoms with van der Waals surface area (Å²) in [7, 11) is -3.03. The van der Waals surface area contributed by atoms with E-state index in [2.05, 4.69) is 9.88 Å². The monoisotopic (exact) mass is 247 g/mol. The first-order chi connectivity index (χ1) is 7.07. The summed E-state index contributed by atoms with van der Waals surface area (Å²) >= 11 is 1.59. The molecule has 84 valence electrons. The first kappa shape index (κ1) is 10.8. The molecule has 2 heterocycles. The van der Waals surface area contributed by atoms with E-state index in [0.717, 1.165) is 18.2 Å². The molecule has 0 saturated carbocycles. The average Bonchev–Trinajstić information content (AvgIpc) is 2.69. The Labute approximate surface area is 93.4 Å². The number of hydrogen-bond donors (Lipinski definition) is 0. The molecule has 5 nitrogen and oxygen atoms in total. The van der Waals surface area contributed by atoms with Gasteiger partial charge in [-0.15, -0.1) is 11.3 Å². The van der Waals surface area contributed by atoms with Gasteiger partial charge >= 0.3 is 0 Å². The van der Waals surface area contributed by atoms with E-state index >= 15 is 0 Å². The summed E-state index contributed by atoms with van der Waals surface area (Å²) in [5.41, 5.74) is 0. The summed E-state index contributed by atoms with van der Waals surface area (Å²) in [4.78, 5) is 6.32. The Balaban J connectivity index is 1.99. The van der Waals surface area contributed by atoms with E-state index < -0.39 is 10.0 Å². The third-order valence-electron chi connectivity index (χ3n) is 2.40. The van der Waals surface area contributed by atoms with Crippen LogP contribution in [0.5, 0.6) is 0 Å². The molecule has 0 unspecified atom stereocenters. The Hall–Kier alpha value is -0.660. The quantitative estimate of drug-likeness (QED) is 0.750. The van der Waals surface area contributed by atoms with E-state index in [4.69, 9.17) is 0 Å². The van der Waals surface area contributed by atoms with Gasteiger partial charge in [-0.05, 0) is 0 Å². The molecule has 1 aromatic rings. The molecule has 0 atom stereocenters. The van der Waals surface area contributed by atoms with Gasteiger partial charge in [-0.1, -0.05) is 0 Å². The highest BCUT2D eigenvalue weighted by molar-refractivity contribution is 7.88. The predicted octanol–water partition coefficient (Wildman–Crippen LogP) is 0.225. The van der Waals surface area contributed by atoms with Gasteiger partial charge in [0.1, 0.15) is 0 Å². The van der Waals surface area contributed by atoms with Crippen LogP contribution in [0.3, 0.4) is 0 Å². The Bertz CT molecular complexity index is 407. The van der Waals surface area contributed by atoms with Gasteiger partial charge < -0.3 is 4.90 Å². The summed E-state index contributed by atoms with van der Waals surface area (Å²) in [6.45, 7) is 2.55. The van der Waals surface area contributed by atoms with Gasteiger partial charge in [0, 0.05) is 37.8 Å². The highest BCUT2D eigenvalue weighted by Crippen LogP contribution is 2.19. The Morgan fingerprint density at radius 3 is 2.47 bits per heavy atom. The van der Waals surface area contributed by atoms with Gasteiger partial charge in [0.05, 0.1) is 6.26 Å². The maximum absolute atomic E-state index is 11.3. The minimum Gasteiger partial charge on any atom is -0.345 e. The second-order valence-corrected chi connectivity index (χ2v) is 6.32. The van der Waals surface area contributed by atoms with Crippen LogP contribution in [0.15, 0.2) is 11.6 Å². The fraction of sp³-hybridized carbons (Fsp3) is 0.625. The summed E-state index contributed by atoms with van der Waals surface area (Å²) in [5.74, 6) is 0. The number of aromatic nitrogens is 1. The van der Waals surface area contributed by atoms with Crippen LogP contribution in [-0.4, -0.2) is 50.1 Å². The van der Waals surface area contributed by atoms with Crippen LogP contribution in [0.1, 0.15) is 0 Å². The molecule has 1 aliphatic rings. The average molecular weight is 247 g/mol. The third kappa shape index (κ3) is 2.47. The highest BCUT2D eigenvalue weighted by atomic mass is 32.2. The highest BCUT2D eigenvalue weighted by Gasteiger charge is 2.24. The zero-order valence-electron chi connectivity index (χ0n) is 8.46. The van der Waals surface area contributed by atoms with E-state index in [1.54, 1.807) is 17.5 Å². The molecule has 1 saturated heterocycles. The number of rotatable bonds is 2. The molecule has 0 aliphatic carbocycles. The van der Waals surface area contributed by atoms with Gasteiger partial charge in [0.15, 0.2) is 5.13 Å². The lowest BCUT2D eigenvalue weighted by Gasteiger charge is -2.32. The molecule has 0 bridgehead atoms. The van der Waals surface area contributed by atoms with Crippen LogP contribution < -0.4 is 4.90 Å². The summed E-state index contributed by atoms with van der Waals surface area (Å²) < 4.78 is 24.1. The van der Waals surface area contributed by atoms with Crippen molar-refractivity contribution in [3.8, 4) is 0 Å². The Morgan fingerprint density at radius 1 is 1.33 bits per heavy atom. The molecule has 1 fully saturated rings. The number of sulfonamides is 1. The van der Waals surface area contributed by atoms with Crippen molar-refractivity contribution in [3.63, 3.8) is 0 Å². The van der Waals surface area contributed by atoms with Crippen molar-refractivity contribution >= 4 is 26.5 Å². The Morgan fingerprint density at radius 2 is 2.00 bits per heavy atom. The minimum absolute atomic E-state index is 0.554. The predicted molar refractivity (Wildman–Crippen MR) is 60.7 cm³/mol. The van der Waals surface area contributed by atoms with Gasteiger partial charge in [-0.3, -0.25) is 0 Å². The van der Waals surface area contributed by atoms with Crippen LogP contribution in [-0.2, 0) is 10.0 Å². The normalized spacial score (nSPS) is 19.4. The topological polar surface area (TPSA) is 53.5 Å². The van der Waals surface area contributed by atoms with Gasteiger partial charge in [0.2, 0.25) is 10.0 Å². The largest absolute Gasteiger partial charge is 0.345 e. The fourth-order valence-electron chi connectivity index (χ4n) is 1.58. The smallest absolute Gasteiger partial charge is 0.211 e. The molecular weight excluding hydrogens is 234 g/mol. The lowest BCUT2D eigenvalue weighted by atomic mass is 10.4.